The lowest BCUT2D eigenvalue weighted by atomic mass is 9.95. The molecule has 0 bridgehead atoms. The molecule has 3 aliphatic rings. The van der Waals surface area contributed by atoms with Crippen LogP contribution in [0, 0.1) is 0 Å². The molecule has 3 aliphatic heterocycles. The molecule has 6 nitrogen and oxygen atoms in total. The van der Waals surface area contributed by atoms with Gasteiger partial charge in [-0.05, 0) is 25.6 Å². The molecule has 3 heterocycles. The van der Waals surface area contributed by atoms with E-state index in [4.69, 9.17) is 32.7 Å². The first-order valence-electron chi connectivity index (χ1n) is 8.34. The molecule has 0 saturated carbocycles. The van der Waals surface area contributed by atoms with Crippen LogP contribution in [0.5, 0.6) is 5.75 Å². The second-order valence-corrected chi connectivity index (χ2v) is 7.31. The third-order valence-corrected chi connectivity index (χ3v) is 5.62. The Bertz CT molecular complexity index is 637. The lowest BCUT2D eigenvalue weighted by Crippen LogP contribution is -2.32. The van der Waals surface area contributed by atoms with Crippen LogP contribution < -0.4 is 0 Å². The van der Waals surface area contributed by atoms with Gasteiger partial charge in [-0.25, -0.2) is 4.79 Å². The third kappa shape index (κ3) is 4.14. The fourth-order valence-corrected chi connectivity index (χ4v) is 3.84. The van der Waals surface area contributed by atoms with Crippen LogP contribution in [0.2, 0.25) is 10.0 Å². The van der Waals surface area contributed by atoms with E-state index in [1.807, 2.05) is 0 Å². The summed E-state index contributed by atoms with van der Waals surface area (Å²) < 4.78 is 10.1. The number of amides is 1. The minimum Gasteiger partial charge on any atom is -0.508 e. The first-order valence-corrected chi connectivity index (χ1v) is 9.09. The van der Waals surface area contributed by atoms with Gasteiger partial charge in [-0.1, -0.05) is 23.2 Å². The Balaban J connectivity index is 0.000000219. The van der Waals surface area contributed by atoms with Crippen molar-refractivity contribution in [2.45, 2.75) is 18.4 Å². The number of carbonyl (C=O) groups excluding carboxylic acids is 1. The zero-order valence-corrected chi connectivity index (χ0v) is 15.6. The lowest BCUT2D eigenvalue weighted by Gasteiger charge is -2.21. The van der Waals surface area contributed by atoms with Gasteiger partial charge in [0.05, 0.1) is 29.3 Å². The maximum absolute atomic E-state index is 11.5. The van der Waals surface area contributed by atoms with E-state index in [1.54, 1.807) is 11.0 Å². The summed E-state index contributed by atoms with van der Waals surface area (Å²) in [6, 6.07) is 3.18. The van der Waals surface area contributed by atoms with E-state index < -0.39 is 0 Å². The zero-order valence-electron chi connectivity index (χ0n) is 14.1. The molecular weight excluding hydrogens is 367 g/mol. The van der Waals surface area contributed by atoms with Crippen LogP contribution in [-0.4, -0.2) is 73.5 Å². The SMILES string of the molecule is CN1CCOCC1.O=C1OCC2CC(c3c(O)ccc(Cl)c3Cl)CN12. The van der Waals surface area contributed by atoms with Gasteiger partial charge in [0, 0.05) is 31.1 Å². The minimum absolute atomic E-state index is 0.00838. The van der Waals surface area contributed by atoms with E-state index in [2.05, 4.69) is 11.9 Å². The van der Waals surface area contributed by atoms with E-state index in [0.717, 1.165) is 32.7 Å². The highest BCUT2D eigenvalue weighted by atomic mass is 35.5. The Morgan fingerprint density at radius 1 is 1.24 bits per heavy atom. The molecule has 0 aliphatic carbocycles. The average molecular weight is 389 g/mol. The second-order valence-electron chi connectivity index (χ2n) is 6.53. The van der Waals surface area contributed by atoms with E-state index in [9.17, 15) is 9.90 Å². The number of phenolic OH excluding ortho intramolecular Hbond substituents is 1. The Morgan fingerprint density at radius 3 is 2.56 bits per heavy atom. The highest BCUT2D eigenvalue weighted by Crippen LogP contribution is 2.43. The highest BCUT2D eigenvalue weighted by molar-refractivity contribution is 6.42. The van der Waals surface area contributed by atoms with Crippen LogP contribution in [0.4, 0.5) is 4.79 Å². The normalized spacial score (nSPS) is 26.0. The lowest BCUT2D eigenvalue weighted by molar-refractivity contribution is 0.0503. The fourth-order valence-electron chi connectivity index (χ4n) is 3.36. The van der Waals surface area contributed by atoms with Crippen LogP contribution in [-0.2, 0) is 9.47 Å². The first kappa shape index (κ1) is 18.6. The van der Waals surface area contributed by atoms with Crippen molar-refractivity contribution in [3.63, 3.8) is 0 Å². The number of ether oxygens (including phenoxy) is 2. The topological polar surface area (TPSA) is 62.2 Å². The molecule has 1 aromatic carbocycles. The minimum atomic E-state index is -0.292. The number of benzene rings is 1. The van der Waals surface area contributed by atoms with Crippen molar-refractivity contribution >= 4 is 29.3 Å². The summed E-state index contributed by atoms with van der Waals surface area (Å²) in [5, 5.41) is 10.7. The van der Waals surface area contributed by atoms with Gasteiger partial charge < -0.3 is 24.4 Å². The van der Waals surface area contributed by atoms with Gasteiger partial charge in [0.25, 0.3) is 0 Å². The van der Waals surface area contributed by atoms with Crippen LogP contribution in [0.3, 0.4) is 0 Å². The molecule has 2 unspecified atom stereocenters. The number of fused-ring (bicyclic) bond motifs is 1. The molecule has 1 N–H and O–H groups in total. The van der Waals surface area contributed by atoms with Gasteiger partial charge in [0.2, 0.25) is 0 Å². The maximum Gasteiger partial charge on any atom is 0.410 e. The maximum atomic E-state index is 11.5. The summed E-state index contributed by atoms with van der Waals surface area (Å²) in [6.45, 7) is 4.94. The number of hydrogen-bond acceptors (Lipinski definition) is 5. The number of halogens is 2. The van der Waals surface area contributed by atoms with Crippen molar-refractivity contribution in [3.8, 4) is 5.75 Å². The van der Waals surface area contributed by atoms with Crippen LogP contribution in [0.25, 0.3) is 0 Å². The number of phenols is 1. The Hall–Kier alpha value is -1.21. The Kier molecular flexibility index (Phi) is 5.94. The number of likely N-dealkylation sites (N-methyl/N-ethyl adjacent to an activating group) is 1. The van der Waals surface area contributed by atoms with E-state index in [1.165, 1.54) is 6.07 Å². The smallest absolute Gasteiger partial charge is 0.410 e. The van der Waals surface area contributed by atoms with E-state index in [-0.39, 0.29) is 23.8 Å². The molecule has 25 heavy (non-hydrogen) atoms. The molecule has 1 aromatic rings. The summed E-state index contributed by atoms with van der Waals surface area (Å²) in [7, 11) is 2.11. The van der Waals surface area contributed by atoms with Crippen molar-refractivity contribution in [1.29, 1.82) is 0 Å². The molecule has 2 atom stereocenters. The number of carbonyl (C=O) groups is 1. The largest absolute Gasteiger partial charge is 0.508 e. The van der Waals surface area contributed by atoms with Gasteiger partial charge >= 0.3 is 6.09 Å². The Labute approximate surface area is 157 Å². The highest BCUT2D eigenvalue weighted by Gasteiger charge is 2.43. The van der Waals surface area contributed by atoms with Crippen molar-refractivity contribution in [1.82, 2.24) is 9.80 Å². The van der Waals surface area contributed by atoms with Gasteiger partial charge in [0.1, 0.15) is 12.4 Å². The zero-order chi connectivity index (χ0) is 18.0. The monoisotopic (exact) mass is 388 g/mol. The van der Waals surface area contributed by atoms with Gasteiger partial charge in [-0.3, -0.25) is 0 Å². The summed E-state index contributed by atoms with van der Waals surface area (Å²) >= 11 is 12.1. The molecule has 0 spiro atoms. The molecule has 1 amide bonds. The summed E-state index contributed by atoms with van der Waals surface area (Å²) in [5.41, 5.74) is 0.631. The molecule has 0 aromatic heterocycles. The number of aromatic hydroxyl groups is 1. The number of hydrogen-bond donors (Lipinski definition) is 1. The molecule has 4 rings (SSSR count). The number of cyclic esters (lactones) is 1. The molecule has 3 fully saturated rings. The standard InChI is InChI=1S/C12H11Cl2NO3.C5H11NO/c13-8-1-2-9(16)10(11(8)14)6-3-7-5-18-12(17)15(7)4-6;1-6-2-4-7-5-3-6/h1-2,6-7,16H,3-5H2;2-5H2,1H3. The predicted octanol–water partition coefficient (Wildman–Crippen LogP) is 2.96. The first-order chi connectivity index (χ1) is 12.0. The fraction of sp³-hybridized carbons (Fsp3) is 0.588. The summed E-state index contributed by atoms with van der Waals surface area (Å²) in [6.07, 6.45) is 0.444. The van der Waals surface area contributed by atoms with Crippen molar-refractivity contribution in [2.24, 2.45) is 0 Å². The average Bonchev–Trinajstić information content (AvgIpc) is 3.15. The van der Waals surface area contributed by atoms with Gasteiger partial charge in [-0.2, -0.15) is 0 Å². The third-order valence-electron chi connectivity index (χ3n) is 4.80. The van der Waals surface area contributed by atoms with Crippen molar-refractivity contribution in [2.75, 3.05) is 46.5 Å². The second kappa shape index (κ2) is 7.99. The molecule has 0 radical (unpaired) electrons. The van der Waals surface area contributed by atoms with E-state index in [0.29, 0.717) is 28.8 Å². The number of rotatable bonds is 1. The van der Waals surface area contributed by atoms with Crippen molar-refractivity contribution < 1.29 is 19.4 Å². The molecule has 8 heteroatoms. The number of nitrogens with zero attached hydrogens (tertiary/aromatic N) is 2. The molecule has 3 saturated heterocycles. The summed E-state index contributed by atoms with van der Waals surface area (Å²) in [4.78, 5) is 15.4. The van der Waals surface area contributed by atoms with Crippen LogP contribution >= 0.6 is 23.2 Å². The molecule has 138 valence electrons. The Morgan fingerprint density at radius 2 is 1.96 bits per heavy atom. The predicted molar refractivity (Wildman–Crippen MR) is 95.6 cm³/mol. The van der Waals surface area contributed by atoms with Crippen molar-refractivity contribution in [3.05, 3.63) is 27.7 Å². The van der Waals surface area contributed by atoms with Gasteiger partial charge in [0.15, 0.2) is 0 Å². The molecular formula is C17H22Cl2N2O4. The quantitative estimate of drug-likeness (QED) is 0.800. The van der Waals surface area contributed by atoms with E-state index >= 15 is 0 Å². The number of morpholine rings is 1. The van der Waals surface area contributed by atoms with Crippen LogP contribution in [0.1, 0.15) is 17.9 Å². The van der Waals surface area contributed by atoms with Crippen LogP contribution in [0.15, 0.2) is 12.1 Å². The summed E-state index contributed by atoms with van der Waals surface area (Å²) in [5.74, 6) is 0.137. The van der Waals surface area contributed by atoms with Gasteiger partial charge in [-0.15, -0.1) is 0 Å².